The van der Waals surface area contributed by atoms with Crippen LogP contribution in [-0.4, -0.2) is 22.8 Å². The van der Waals surface area contributed by atoms with E-state index in [-0.39, 0.29) is 15.6 Å². The van der Waals surface area contributed by atoms with E-state index in [4.69, 9.17) is 28.3 Å². The zero-order valence-corrected chi connectivity index (χ0v) is 9.54. The number of ether oxygens (including phenoxy) is 1. The van der Waals surface area contributed by atoms with Crippen molar-refractivity contribution in [1.29, 1.82) is 0 Å². The Balaban J connectivity index is 3.13. The summed E-state index contributed by atoms with van der Waals surface area (Å²) in [6.45, 7) is -3.11. The van der Waals surface area contributed by atoms with Crippen LogP contribution >= 0.6 is 23.2 Å². The standard InChI is InChI=1S/C9H6Cl2F2O4/c10-4-1-3(6(14)8(15)16)2-5(11)7(4)17-9(12)13/h1-2,6,9,14H,(H,15,16)/t6-/m0/s1. The number of aliphatic hydroxyl groups excluding tert-OH is 1. The molecule has 0 aliphatic carbocycles. The smallest absolute Gasteiger partial charge is 0.387 e. The lowest BCUT2D eigenvalue weighted by atomic mass is 10.1. The number of carboxylic acid groups (broad SMARTS) is 1. The van der Waals surface area contributed by atoms with E-state index >= 15 is 0 Å². The van der Waals surface area contributed by atoms with E-state index in [1.165, 1.54) is 0 Å². The number of hydrogen-bond donors (Lipinski definition) is 2. The Bertz CT molecular complexity index is 416. The van der Waals surface area contributed by atoms with E-state index in [0.717, 1.165) is 12.1 Å². The third-order valence-corrected chi connectivity index (χ3v) is 2.34. The van der Waals surface area contributed by atoms with Gasteiger partial charge in [0.15, 0.2) is 11.9 Å². The summed E-state index contributed by atoms with van der Waals surface area (Å²) in [5.41, 5.74) is -0.130. The van der Waals surface area contributed by atoms with Crippen LogP contribution in [0.25, 0.3) is 0 Å². The number of benzene rings is 1. The van der Waals surface area contributed by atoms with Gasteiger partial charge in [-0.3, -0.25) is 0 Å². The second-order valence-electron chi connectivity index (χ2n) is 2.93. The third-order valence-electron chi connectivity index (χ3n) is 1.78. The molecule has 0 aliphatic rings. The minimum absolute atomic E-state index is 0.130. The van der Waals surface area contributed by atoms with Gasteiger partial charge < -0.3 is 14.9 Å². The molecule has 94 valence electrons. The molecular formula is C9H6Cl2F2O4. The van der Waals surface area contributed by atoms with Crippen molar-refractivity contribution < 1.29 is 28.5 Å². The van der Waals surface area contributed by atoms with Crippen LogP contribution in [0, 0.1) is 0 Å². The van der Waals surface area contributed by atoms with Crippen LogP contribution in [-0.2, 0) is 4.79 Å². The van der Waals surface area contributed by atoms with Crippen LogP contribution in [0.1, 0.15) is 11.7 Å². The first kappa shape index (κ1) is 14.0. The van der Waals surface area contributed by atoms with Crippen molar-refractivity contribution in [3.63, 3.8) is 0 Å². The van der Waals surface area contributed by atoms with Crippen LogP contribution in [0.5, 0.6) is 5.75 Å². The normalized spacial score (nSPS) is 12.6. The molecule has 0 aliphatic heterocycles. The lowest BCUT2D eigenvalue weighted by Crippen LogP contribution is -2.11. The molecule has 1 aromatic carbocycles. The number of halogens is 4. The summed E-state index contributed by atoms with van der Waals surface area (Å²) in [5, 5.41) is 17.1. The summed E-state index contributed by atoms with van der Waals surface area (Å²) < 4.78 is 28.0. The summed E-state index contributed by atoms with van der Waals surface area (Å²) in [7, 11) is 0. The summed E-state index contributed by atoms with van der Waals surface area (Å²) in [4.78, 5) is 10.5. The Morgan fingerprint density at radius 1 is 1.29 bits per heavy atom. The van der Waals surface area contributed by atoms with E-state index < -0.39 is 24.4 Å². The molecule has 2 N–H and O–H groups in total. The monoisotopic (exact) mass is 286 g/mol. The number of carbonyl (C=O) groups is 1. The maximum absolute atomic E-state index is 12.0. The van der Waals surface area contributed by atoms with Crippen LogP contribution in [0.2, 0.25) is 10.0 Å². The van der Waals surface area contributed by atoms with Gasteiger partial charge in [0.2, 0.25) is 0 Å². The maximum Gasteiger partial charge on any atom is 0.387 e. The lowest BCUT2D eigenvalue weighted by molar-refractivity contribution is -0.146. The van der Waals surface area contributed by atoms with Crippen LogP contribution in [0.15, 0.2) is 12.1 Å². The molecule has 0 saturated heterocycles. The van der Waals surface area contributed by atoms with Crippen molar-refractivity contribution in [1.82, 2.24) is 0 Å². The Hall–Kier alpha value is -1.11. The van der Waals surface area contributed by atoms with Crippen molar-refractivity contribution in [2.75, 3.05) is 0 Å². The fraction of sp³-hybridized carbons (Fsp3) is 0.222. The molecule has 1 aromatic rings. The average Bonchev–Trinajstić information content (AvgIpc) is 2.21. The van der Waals surface area contributed by atoms with Crippen LogP contribution < -0.4 is 4.74 Å². The number of carboxylic acids is 1. The highest BCUT2D eigenvalue weighted by Crippen LogP contribution is 2.36. The van der Waals surface area contributed by atoms with E-state index in [9.17, 15) is 18.7 Å². The van der Waals surface area contributed by atoms with Gasteiger partial charge in [0.1, 0.15) is 0 Å². The van der Waals surface area contributed by atoms with Crippen molar-refractivity contribution >= 4 is 29.2 Å². The fourth-order valence-corrected chi connectivity index (χ4v) is 1.67. The lowest BCUT2D eigenvalue weighted by Gasteiger charge is -2.12. The first-order valence-corrected chi connectivity index (χ1v) is 4.93. The predicted molar refractivity (Wildman–Crippen MR) is 55.7 cm³/mol. The first-order chi connectivity index (χ1) is 7.82. The van der Waals surface area contributed by atoms with Gasteiger partial charge in [-0.15, -0.1) is 0 Å². The van der Waals surface area contributed by atoms with Gasteiger partial charge in [0, 0.05) is 0 Å². The molecular weight excluding hydrogens is 281 g/mol. The molecule has 0 unspecified atom stereocenters. The Labute approximate surface area is 104 Å². The Kier molecular flexibility index (Phi) is 4.50. The maximum atomic E-state index is 12.0. The van der Waals surface area contributed by atoms with Gasteiger partial charge in [-0.25, -0.2) is 4.79 Å². The quantitative estimate of drug-likeness (QED) is 0.893. The summed E-state index contributed by atoms with van der Waals surface area (Å²) >= 11 is 11.2. The van der Waals surface area contributed by atoms with Gasteiger partial charge >= 0.3 is 12.6 Å². The third kappa shape index (κ3) is 3.42. The molecule has 0 spiro atoms. The minimum atomic E-state index is -3.11. The molecule has 0 amide bonds. The molecule has 1 rings (SSSR count). The average molecular weight is 287 g/mol. The number of aliphatic carboxylic acids is 1. The zero-order chi connectivity index (χ0) is 13.2. The second kappa shape index (κ2) is 5.48. The van der Waals surface area contributed by atoms with E-state index in [1.54, 1.807) is 0 Å². The molecule has 1 atom stereocenters. The highest BCUT2D eigenvalue weighted by molar-refractivity contribution is 6.37. The van der Waals surface area contributed by atoms with Crippen molar-refractivity contribution in [3.05, 3.63) is 27.7 Å². The number of aliphatic hydroxyl groups is 1. The molecule has 0 radical (unpaired) electrons. The van der Waals surface area contributed by atoms with Gasteiger partial charge in [-0.1, -0.05) is 23.2 Å². The van der Waals surface area contributed by atoms with Gasteiger partial charge in [-0.2, -0.15) is 8.78 Å². The molecule has 0 heterocycles. The Morgan fingerprint density at radius 3 is 2.12 bits per heavy atom. The summed E-state index contributed by atoms with van der Waals surface area (Å²) in [6, 6.07) is 1.98. The predicted octanol–water partition coefficient (Wildman–Crippen LogP) is 2.71. The number of rotatable bonds is 4. The molecule has 0 bridgehead atoms. The molecule has 4 nitrogen and oxygen atoms in total. The summed E-state index contributed by atoms with van der Waals surface area (Å²) in [6.07, 6.45) is -1.84. The fourth-order valence-electron chi connectivity index (χ4n) is 1.08. The first-order valence-electron chi connectivity index (χ1n) is 4.17. The van der Waals surface area contributed by atoms with Crippen LogP contribution in [0.3, 0.4) is 0 Å². The zero-order valence-electron chi connectivity index (χ0n) is 8.03. The SMILES string of the molecule is O=C(O)[C@@H](O)c1cc(Cl)c(OC(F)F)c(Cl)c1. The Morgan fingerprint density at radius 2 is 1.76 bits per heavy atom. The van der Waals surface area contributed by atoms with Gasteiger partial charge in [-0.05, 0) is 17.7 Å². The highest BCUT2D eigenvalue weighted by atomic mass is 35.5. The molecule has 0 aromatic heterocycles. The molecule has 17 heavy (non-hydrogen) atoms. The van der Waals surface area contributed by atoms with Crippen molar-refractivity contribution in [3.8, 4) is 5.75 Å². The van der Waals surface area contributed by atoms with Crippen molar-refractivity contribution in [2.24, 2.45) is 0 Å². The van der Waals surface area contributed by atoms with Crippen molar-refractivity contribution in [2.45, 2.75) is 12.7 Å². The highest BCUT2D eigenvalue weighted by Gasteiger charge is 2.21. The largest absolute Gasteiger partial charge is 0.479 e. The summed E-state index contributed by atoms with van der Waals surface area (Å²) in [5.74, 6) is -1.98. The number of alkyl halides is 2. The van der Waals surface area contributed by atoms with Gasteiger partial charge in [0.05, 0.1) is 10.0 Å². The number of hydrogen-bond acceptors (Lipinski definition) is 3. The van der Waals surface area contributed by atoms with E-state index in [0.29, 0.717) is 0 Å². The van der Waals surface area contributed by atoms with Crippen LogP contribution in [0.4, 0.5) is 8.78 Å². The topological polar surface area (TPSA) is 66.8 Å². The van der Waals surface area contributed by atoms with Gasteiger partial charge in [0.25, 0.3) is 0 Å². The van der Waals surface area contributed by atoms with E-state index in [1.807, 2.05) is 0 Å². The molecule has 8 heteroatoms. The minimum Gasteiger partial charge on any atom is -0.479 e. The van der Waals surface area contributed by atoms with E-state index in [2.05, 4.69) is 4.74 Å². The molecule has 0 fully saturated rings. The molecule has 0 saturated carbocycles. The second-order valence-corrected chi connectivity index (χ2v) is 3.75.